The van der Waals surface area contributed by atoms with Crippen LogP contribution in [-0.2, 0) is 4.74 Å². The molecule has 1 aromatic rings. The first-order valence-electron chi connectivity index (χ1n) is 5.57. The van der Waals surface area contributed by atoms with Gasteiger partial charge in [0.15, 0.2) is 0 Å². The van der Waals surface area contributed by atoms with Gasteiger partial charge in [-0.15, -0.1) is 0 Å². The first-order chi connectivity index (χ1) is 7.81. The molecule has 0 spiro atoms. The van der Waals surface area contributed by atoms with Crippen molar-refractivity contribution in [2.45, 2.75) is 39.3 Å². The molecule has 4 heteroatoms. The lowest BCUT2D eigenvalue weighted by Crippen LogP contribution is -2.36. The summed E-state index contributed by atoms with van der Waals surface area (Å²) in [6, 6.07) is 8.84. The normalized spacial score (nSPS) is 13.0. The third-order valence-electron chi connectivity index (χ3n) is 2.23. The molecule has 0 heterocycles. The summed E-state index contributed by atoms with van der Waals surface area (Å²) in [5.74, 6) is 0. The molecule has 0 aliphatic carbocycles. The third kappa shape index (κ3) is 4.07. The van der Waals surface area contributed by atoms with E-state index in [1.807, 2.05) is 30.3 Å². The highest BCUT2D eigenvalue weighted by Crippen LogP contribution is 2.20. The van der Waals surface area contributed by atoms with Crippen LogP contribution < -0.4 is 0 Å². The van der Waals surface area contributed by atoms with Crippen LogP contribution in [0.4, 0.5) is 4.79 Å². The van der Waals surface area contributed by atoms with E-state index in [2.05, 4.69) is 0 Å². The third-order valence-corrected chi connectivity index (χ3v) is 2.23. The zero-order chi connectivity index (χ0) is 13.1. The summed E-state index contributed by atoms with van der Waals surface area (Å²) in [6.45, 7) is 7.00. The highest BCUT2D eigenvalue weighted by atomic mass is 16.6. The summed E-state index contributed by atoms with van der Waals surface area (Å²) < 4.78 is 5.08. The van der Waals surface area contributed by atoms with Crippen LogP contribution in [0.25, 0.3) is 0 Å². The largest absolute Gasteiger partial charge is 0.442 e. The minimum absolute atomic E-state index is 0.439. The Hall–Kier alpha value is -1.55. The number of rotatable bonds is 2. The van der Waals surface area contributed by atoms with Crippen LogP contribution in [-0.4, -0.2) is 22.0 Å². The number of nitrogens with zero attached hydrogens (tertiary/aromatic N) is 1. The van der Waals surface area contributed by atoms with Gasteiger partial charge in [-0.1, -0.05) is 30.3 Å². The molecule has 1 rings (SSSR count). The SMILES string of the molecule is CC(c1ccccc1)N(O)C(=O)OC(C)(C)C. The second kappa shape index (κ2) is 5.19. The fourth-order valence-electron chi connectivity index (χ4n) is 1.34. The number of benzene rings is 1. The Morgan fingerprint density at radius 1 is 1.29 bits per heavy atom. The molecule has 0 radical (unpaired) electrons. The summed E-state index contributed by atoms with van der Waals surface area (Å²) in [5, 5.41) is 10.4. The van der Waals surface area contributed by atoms with Crippen molar-refractivity contribution in [3.05, 3.63) is 35.9 Å². The molecule has 94 valence electrons. The lowest BCUT2D eigenvalue weighted by molar-refractivity contribution is -0.117. The van der Waals surface area contributed by atoms with Crippen LogP contribution in [0.15, 0.2) is 30.3 Å². The molecule has 0 fully saturated rings. The molecule has 4 nitrogen and oxygen atoms in total. The summed E-state index contributed by atoms with van der Waals surface area (Å²) in [7, 11) is 0. The van der Waals surface area contributed by atoms with Crippen LogP contribution in [0.1, 0.15) is 39.3 Å². The fraction of sp³-hybridized carbons (Fsp3) is 0.462. The van der Waals surface area contributed by atoms with E-state index in [1.165, 1.54) is 0 Å². The Balaban J connectivity index is 2.70. The molecule has 17 heavy (non-hydrogen) atoms. The second-order valence-corrected chi connectivity index (χ2v) is 4.91. The van der Waals surface area contributed by atoms with Gasteiger partial charge in [-0.3, -0.25) is 5.21 Å². The zero-order valence-corrected chi connectivity index (χ0v) is 10.7. The van der Waals surface area contributed by atoms with Crippen LogP contribution in [0.3, 0.4) is 0 Å². The highest BCUT2D eigenvalue weighted by Gasteiger charge is 2.25. The molecule has 0 saturated carbocycles. The number of hydroxylamine groups is 2. The van der Waals surface area contributed by atoms with Gasteiger partial charge < -0.3 is 4.74 Å². The predicted molar refractivity (Wildman–Crippen MR) is 64.7 cm³/mol. The van der Waals surface area contributed by atoms with E-state index in [0.717, 1.165) is 5.56 Å². The Morgan fingerprint density at radius 3 is 2.29 bits per heavy atom. The number of carbonyl (C=O) groups excluding carboxylic acids is 1. The van der Waals surface area contributed by atoms with Crippen LogP contribution in [0.2, 0.25) is 0 Å². The molecule has 1 unspecified atom stereocenters. The molecule has 1 N–H and O–H groups in total. The molecule has 0 aromatic heterocycles. The van der Waals surface area contributed by atoms with Gasteiger partial charge in [-0.2, -0.15) is 5.06 Å². The number of ether oxygens (including phenoxy) is 1. The summed E-state index contributed by atoms with van der Waals surface area (Å²) >= 11 is 0. The maximum atomic E-state index is 11.6. The van der Waals surface area contributed by atoms with E-state index in [9.17, 15) is 10.0 Å². The van der Waals surface area contributed by atoms with Crippen molar-refractivity contribution in [1.29, 1.82) is 0 Å². The van der Waals surface area contributed by atoms with Gasteiger partial charge in [0.1, 0.15) is 5.60 Å². The summed E-state index contributed by atoms with van der Waals surface area (Å²) in [5.41, 5.74) is 0.231. The Labute approximate surface area is 102 Å². The van der Waals surface area contributed by atoms with Gasteiger partial charge in [0.2, 0.25) is 0 Å². The standard InChI is InChI=1S/C13H19NO3/c1-10(11-8-6-5-7-9-11)14(16)12(15)17-13(2,3)4/h5-10,16H,1-4H3. The summed E-state index contributed by atoms with van der Waals surface area (Å²) in [6.07, 6.45) is -0.742. The van der Waals surface area contributed by atoms with Crippen LogP contribution >= 0.6 is 0 Å². The molecular weight excluding hydrogens is 218 g/mol. The van der Waals surface area contributed by atoms with Crippen molar-refractivity contribution in [1.82, 2.24) is 5.06 Å². The minimum atomic E-state index is -0.742. The minimum Gasteiger partial charge on any atom is -0.442 e. The van der Waals surface area contributed by atoms with Crippen molar-refractivity contribution >= 4 is 6.09 Å². The van der Waals surface area contributed by atoms with Gasteiger partial charge in [-0.25, -0.2) is 4.79 Å². The molecule has 0 aliphatic rings. The van der Waals surface area contributed by atoms with Gasteiger partial charge in [0, 0.05) is 0 Å². The summed E-state index contributed by atoms with van der Waals surface area (Å²) in [4.78, 5) is 11.6. The Morgan fingerprint density at radius 2 is 1.82 bits per heavy atom. The Kier molecular flexibility index (Phi) is 4.12. The number of hydrogen-bond donors (Lipinski definition) is 1. The number of amides is 1. The van der Waals surface area contributed by atoms with E-state index in [0.29, 0.717) is 5.06 Å². The maximum absolute atomic E-state index is 11.6. The van der Waals surface area contributed by atoms with Crippen molar-refractivity contribution in [2.75, 3.05) is 0 Å². The average molecular weight is 237 g/mol. The van der Waals surface area contributed by atoms with E-state index < -0.39 is 17.7 Å². The predicted octanol–water partition coefficient (Wildman–Crippen LogP) is 3.37. The van der Waals surface area contributed by atoms with Crippen molar-refractivity contribution < 1.29 is 14.7 Å². The number of carbonyl (C=O) groups is 1. The van der Waals surface area contributed by atoms with Gasteiger partial charge in [0.05, 0.1) is 6.04 Å². The Bertz CT molecular complexity index is 370. The highest BCUT2D eigenvalue weighted by molar-refractivity contribution is 5.67. The topological polar surface area (TPSA) is 49.8 Å². The molecule has 1 aromatic carbocycles. The van der Waals surface area contributed by atoms with Gasteiger partial charge in [0.25, 0.3) is 0 Å². The quantitative estimate of drug-likeness (QED) is 0.633. The molecule has 0 bridgehead atoms. The van der Waals surface area contributed by atoms with Crippen molar-refractivity contribution in [3.8, 4) is 0 Å². The fourth-order valence-corrected chi connectivity index (χ4v) is 1.34. The second-order valence-electron chi connectivity index (χ2n) is 4.91. The molecule has 0 aliphatic heterocycles. The lowest BCUT2D eigenvalue weighted by Gasteiger charge is -2.27. The van der Waals surface area contributed by atoms with Crippen molar-refractivity contribution in [2.24, 2.45) is 0 Å². The first-order valence-corrected chi connectivity index (χ1v) is 5.57. The molecule has 1 atom stereocenters. The van der Waals surface area contributed by atoms with Crippen LogP contribution in [0, 0.1) is 0 Å². The zero-order valence-electron chi connectivity index (χ0n) is 10.7. The average Bonchev–Trinajstić information content (AvgIpc) is 2.26. The van der Waals surface area contributed by atoms with E-state index >= 15 is 0 Å². The van der Waals surface area contributed by atoms with Gasteiger partial charge in [-0.05, 0) is 33.3 Å². The molecular formula is C13H19NO3. The van der Waals surface area contributed by atoms with Crippen molar-refractivity contribution in [3.63, 3.8) is 0 Å². The monoisotopic (exact) mass is 237 g/mol. The van der Waals surface area contributed by atoms with Gasteiger partial charge >= 0.3 is 6.09 Å². The lowest BCUT2D eigenvalue weighted by atomic mass is 10.1. The molecule has 1 amide bonds. The molecule has 0 saturated heterocycles. The number of hydrogen-bond acceptors (Lipinski definition) is 3. The van der Waals surface area contributed by atoms with E-state index in [4.69, 9.17) is 4.74 Å². The van der Waals surface area contributed by atoms with E-state index in [-0.39, 0.29) is 0 Å². The first kappa shape index (κ1) is 13.5. The van der Waals surface area contributed by atoms with Crippen LogP contribution in [0.5, 0.6) is 0 Å². The maximum Gasteiger partial charge on any atom is 0.434 e. The smallest absolute Gasteiger partial charge is 0.434 e. The van der Waals surface area contributed by atoms with E-state index in [1.54, 1.807) is 27.7 Å².